The van der Waals surface area contributed by atoms with Crippen molar-refractivity contribution in [1.29, 1.82) is 5.26 Å². The molecule has 0 N–H and O–H groups in total. The first-order valence-electron chi connectivity index (χ1n) is 4.48. The SMILES string of the molecule is N#CCC1(c2ccccc2F)COC1. The molecule has 0 unspecified atom stereocenters. The lowest BCUT2D eigenvalue weighted by atomic mass is 9.76. The Morgan fingerprint density at radius 3 is 2.64 bits per heavy atom. The third kappa shape index (κ3) is 1.28. The monoisotopic (exact) mass is 191 g/mol. The standard InChI is InChI=1S/C11H10FNO/c12-10-4-2-1-3-9(10)11(5-6-13)7-14-8-11/h1-4H,5,7-8H2. The summed E-state index contributed by atoms with van der Waals surface area (Å²) < 4.78 is 18.5. The number of halogens is 1. The van der Waals surface area contributed by atoms with Gasteiger partial charge in [-0.3, -0.25) is 0 Å². The number of ether oxygens (including phenoxy) is 1. The van der Waals surface area contributed by atoms with Crippen LogP contribution in [0.3, 0.4) is 0 Å². The van der Waals surface area contributed by atoms with Gasteiger partial charge in [0.15, 0.2) is 0 Å². The Labute approximate surface area is 81.9 Å². The summed E-state index contributed by atoms with van der Waals surface area (Å²) >= 11 is 0. The van der Waals surface area contributed by atoms with E-state index in [1.165, 1.54) is 6.07 Å². The van der Waals surface area contributed by atoms with Crippen molar-refractivity contribution in [3.05, 3.63) is 35.6 Å². The molecule has 0 saturated carbocycles. The maximum Gasteiger partial charge on any atom is 0.127 e. The minimum Gasteiger partial charge on any atom is -0.379 e. The summed E-state index contributed by atoms with van der Waals surface area (Å²) in [6, 6.07) is 8.68. The van der Waals surface area contributed by atoms with Crippen molar-refractivity contribution in [2.24, 2.45) is 0 Å². The van der Waals surface area contributed by atoms with Gasteiger partial charge < -0.3 is 4.74 Å². The third-order valence-corrected chi connectivity index (χ3v) is 2.62. The van der Waals surface area contributed by atoms with Gasteiger partial charge in [-0.2, -0.15) is 5.26 Å². The molecule has 72 valence electrons. The molecule has 0 aliphatic carbocycles. The Morgan fingerprint density at radius 1 is 1.43 bits per heavy atom. The Balaban J connectivity index is 2.37. The van der Waals surface area contributed by atoms with Gasteiger partial charge in [-0.1, -0.05) is 18.2 Å². The summed E-state index contributed by atoms with van der Waals surface area (Å²) in [7, 11) is 0. The lowest BCUT2D eigenvalue weighted by molar-refractivity contribution is -0.0592. The minimum atomic E-state index is -0.403. The van der Waals surface area contributed by atoms with E-state index in [1.54, 1.807) is 18.2 Å². The van der Waals surface area contributed by atoms with Crippen LogP contribution in [0.5, 0.6) is 0 Å². The van der Waals surface area contributed by atoms with Gasteiger partial charge in [0.05, 0.1) is 24.7 Å². The normalized spacial score (nSPS) is 18.3. The van der Waals surface area contributed by atoms with E-state index in [2.05, 4.69) is 6.07 Å². The van der Waals surface area contributed by atoms with Crippen molar-refractivity contribution in [3.8, 4) is 6.07 Å². The van der Waals surface area contributed by atoms with Crippen molar-refractivity contribution < 1.29 is 9.13 Å². The number of hydrogen-bond acceptors (Lipinski definition) is 2. The van der Waals surface area contributed by atoms with Crippen LogP contribution in [0.4, 0.5) is 4.39 Å². The molecule has 1 aliphatic rings. The van der Waals surface area contributed by atoms with Gasteiger partial charge in [-0.25, -0.2) is 4.39 Å². The van der Waals surface area contributed by atoms with Crippen molar-refractivity contribution in [3.63, 3.8) is 0 Å². The van der Waals surface area contributed by atoms with E-state index >= 15 is 0 Å². The number of hydrogen-bond donors (Lipinski definition) is 0. The smallest absolute Gasteiger partial charge is 0.127 e. The first-order chi connectivity index (χ1) is 6.78. The Morgan fingerprint density at radius 2 is 2.14 bits per heavy atom. The zero-order chi connectivity index (χ0) is 10.0. The van der Waals surface area contributed by atoms with Crippen LogP contribution in [0.1, 0.15) is 12.0 Å². The molecular formula is C11H10FNO. The second-order valence-corrected chi connectivity index (χ2v) is 3.59. The van der Waals surface area contributed by atoms with Gasteiger partial charge in [0.1, 0.15) is 5.82 Å². The quantitative estimate of drug-likeness (QED) is 0.716. The highest BCUT2D eigenvalue weighted by Crippen LogP contribution is 2.36. The second-order valence-electron chi connectivity index (χ2n) is 3.59. The highest BCUT2D eigenvalue weighted by atomic mass is 19.1. The van der Waals surface area contributed by atoms with Gasteiger partial charge in [-0.15, -0.1) is 0 Å². The molecule has 2 rings (SSSR count). The molecule has 1 saturated heterocycles. The predicted octanol–water partition coefficient (Wildman–Crippen LogP) is 2.01. The average Bonchev–Trinajstić information content (AvgIpc) is 2.13. The largest absolute Gasteiger partial charge is 0.379 e. The molecule has 3 heteroatoms. The van der Waals surface area contributed by atoms with Crippen LogP contribution in [0.2, 0.25) is 0 Å². The summed E-state index contributed by atoms with van der Waals surface area (Å²) in [6.45, 7) is 0.892. The molecule has 1 fully saturated rings. The molecule has 1 heterocycles. The second kappa shape index (κ2) is 3.39. The van der Waals surface area contributed by atoms with E-state index in [0.29, 0.717) is 25.2 Å². The van der Waals surface area contributed by atoms with Crippen molar-refractivity contribution in [2.75, 3.05) is 13.2 Å². The number of nitriles is 1. The van der Waals surface area contributed by atoms with E-state index in [-0.39, 0.29) is 5.82 Å². The van der Waals surface area contributed by atoms with E-state index in [9.17, 15) is 4.39 Å². The summed E-state index contributed by atoms with van der Waals surface area (Å²) in [6.07, 6.45) is 0.313. The zero-order valence-corrected chi connectivity index (χ0v) is 7.66. The molecule has 1 aromatic carbocycles. The fourth-order valence-electron chi connectivity index (χ4n) is 1.74. The van der Waals surface area contributed by atoms with Crippen LogP contribution in [-0.2, 0) is 10.2 Å². The van der Waals surface area contributed by atoms with Gasteiger partial charge in [0, 0.05) is 6.42 Å². The highest BCUT2D eigenvalue weighted by Gasteiger charge is 2.41. The summed E-state index contributed by atoms with van der Waals surface area (Å²) in [4.78, 5) is 0. The molecule has 1 aliphatic heterocycles. The molecular weight excluding hydrogens is 181 g/mol. The topological polar surface area (TPSA) is 33.0 Å². The molecule has 0 amide bonds. The lowest BCUT2D eigenvalue weighted by Gasteiger charge is -2.40. The summed E-state index contributed by atoms with van der Waals surface area (Å²) in [5.41, 5.74) is 0.202. The Hall–Kier alpha value is -1.40. The fraction of sp³-hybridized carbons (Fsp3) is 0.364. The third-order valence-electron chi connectivity index (χ3n) is 2.62. The number of rotatable bonds is 2. The number of benzene rings is 1. The zero-order valence-electron chi connectivity index (χ0n) is 7.66. The molecule has 2 nitrogen and oxygen atoms in total. The molecule has 0 bridgehead atoms. The maximum absolute atomic E-state index is 13.5. The van der Waals surface area contributed by atoms with E-state index < -0.39 is 5.41 Å². The van der Waals surface area contributed by atoms with Crippen LogP contribution in [0.15, 0.2) is 24.3 Å². The average molecular weight is 191 g/mol. The molecule has 0 radical (unpaired) electrons. The maximum atomic E-state index is 13.5. The predicted molar refractivity (Wildman–Crippen MR) is 49.1 cm³/mol. The Kier molecular flexibility index (Phi) is 2.22. The first-order valence-corrected chi connectivity index (χ1v) is 4.48. The van der Waals surface area contributed by atoms with Gasteiger partial charge >= 0.3 is 0 Å². The van der Waals surface area contributed by atoms with E-state index in [0.717, 1.165) is 0 Å². The van der Waals surface area contributed by atoms with Crippen LogP contribution in [0, 0.1) is 17.1 Å². The number of nitrogens with zero attached hydrogens (tertiary/aromatic N) is 1. The summed E-state index contributed by atoms with van der Waals surface area (Å²) in [5.74, 6) is -0.244. The molecule has 0 aromatic heterocycles. The molecule has 0 atom stereocenters. The van der Waals surface area contributed by atoms with Crippen molar-refractivity contribution in [2.45, 2.75) is 11.8 Å². The van der Waals surface area contributed by atoms with Gasteiger partial charge in [0.25, 0.3) is 0 Å². The fourth-order valence-corrected chi connectivity index (χ4v) is 1.74. The lowest BCUT2D eigenvalue weighted by Crippen LogP contribution is -2.47. The highest BCUT2D eigenvalue weighted by molar-refractivity contribution is 5.30. The molecule has 1 aromatic rings. The molecule has 14 heavy (non-hydrogen) atoms. The van der Waals surface area contributed by atoms with Crippen molar-refractivity contribution in [1.82, 2.24) is 0 Å². The minimum absolute atomic E-state index is 0.244. The van der Waals surface area contributed by atoms with E-state index in [4.69, 9.17) is 10.00 Å². The van der Waals surface area contributed by atoms with Gasteiger partial charge in [-0.05, 0) is 11.6 Å². The van der Waals surface area contributed by atoms with E-state index in [1.807, 2.05) is 0 Å². The van der Waals surface area contributed by atoms with Crippen LogP contribution in [0.25, 0.3) is 0 Å². The van der Waals surface area contributed by atoms with Gasteiger partial charge in [0.2, 0.25) is 0 Å². The molecule has 0 spiro atoms. The van der Waals surface area contributed by atoms with Crippen LogP contribution < -0.4 is 0 Å². The van der Waals surface area contributed by atoms with Crippen LogP contribution >= 0.6 is 0 Å². The Bertz CT molecular complexity index is 379. The van der Waals surface area contributed by atoms with Crippen molar-refractivity contribution >= 4 is 0 Å². The first kappa shape index (κ1) is 9.17. The van der Waals surface area contributed by atoms with Crippen LogP contribution in [-0.4, -0.2) is 13.2 Å². The summed E-state index contributed by atoms with van der Waals surface area (Å²) in [5, 5.41) is 8.69.